The van der Waals surface area contributed by atoms with Gasteiger partial charge in [0.2, 0.25) is 0 Å². The number of imidazole rings is 1. The van der Waals surface area contributed by atoms with Gasteiger partial charge in [0, 0.05) is 6.07 Å². The summed E-state index contributed by atoms with van der Waals surface area (Å²) in [6, 6.07) is 12.8. The molecule has 5 nitrogen and oxygen atoms in total. The third kappa shape index (κ3) is 1.84. The zero-order valence-corrected chi connectivity index (χ0v) is 11.2. The summed E-state index contributed by atoms with van der Waals surface area (Å²) in [5.41, 5.74) is 1.97. The van der Waals surface area contributed by atoms with Gasteiger partial charge in [-0.2, -0.15) is 0 Å². The van der Waals surface area contributed by atoms with E-state index in [0.29, 0.717) is 17.0 Å². The molecule has 0 bridgehead atoms. The lowest BCUT2D eigenvalue weighted by atomic mass is 10.2. The molecule has 1 aromatic heterocycles. The number of hydrogen-bond donors (Lipinski definition) is 1. The lowest BCUT2D eigenvalue weighted by molar-refractivity contribution is 0.414. The second-order valence-corrected chi connectivity index (χ2v) is 4.32. The molecular formula is C15H14N2O3. The van der Waals surface area contributed by atoms with Gasteiger partial charge in [0.05, 0.1) is 25.4 Å². The molecule has 102 valence electrons. The predicted octanol–water partition coefficient (Wildman–Crippen LogP) is 2.34. The highest BCUT2D eigenvalue weighted by Crippen LogP contribution is 2.26. The van der Waals surface area contributed by atoms with E-state index in [1.807, 2.05) is 36.4 Å². The molecule has 1 heterocycles. The topological polar surface area (TPSA) is 56.2 Å². The normalized spacial score (nSPS) is 10.7. The van der Waals surface area contributed by atoms with Crippen molar-refractivity contribution in [3.05, 3.63) is 52.9 Å². The summed E-state index contributed by atoms with van der Waals surface area (Å²) in [5, 5.41) is 0. The molecular weight excluding hydrogens is 256 g/mol. The number of benzene rings is 2. The maximum Gasteiger partial charge on any atom is 0.331 e. The summed E-state index contributed by atoms with van der Waals surface area (Å²) in [7, 11) is 3.18. The van der Waals surface area contributed by atoms with Gasteiger partial charge in [-0.05, 0) is 24.3 Å². The lowest BCUT2D eigenvalue weighted by Crippen LogP contribution is -2.14. The fourth-order valence-corrected chi connectivity index (χ4v) is 2.29. The van der Waals surface area contributed by atoms with Crippen molar-refractivity contribution in [1.29, 1.82) is 0 Å². The third-order valence-corrected chi connectivity index (χ3v) is 3.20. The Morgan fingerprint density at radius 1 is 1.05 bits per heavy atom. The second-order valence-electron chi connectivity index (χ2n) is 4.32. The van der Waals surface area contributed by atoms with E-state index in [9.17, 15) is 4.79 Å². The Morgan fingerprint density at radius 3 is 2.60 bits per heavy atom. The van der Waals surface area contributed by atoms with E-state index in [2.05, 4.69) is 4.98 Å². The quantitative estimate of drug-likeness (QED) is 0.794. The maximum absolute atomic E-state index is 12.2. The third-order valence-electron chi connectivity index (χ3n) is 3.20. The molecule has 3 aromatic rings. The number of para-hydroxylation sites is 1. The van der Waals surface area contributed by atoms with E-state index in [1.165, 1.54) is 0 Å². The van der Waals surface area contributed by atoms with Gasteiger partial charge in [-0.1, -0.05) is 12.1 Å². The zero-order valence-electron chi connectivity index (χ0n) is 11.2. The number of fused-ring (bicyclic) bond motifs is 1. The Balaban J connectivity index is 2.35. The molecule has 0 saturated carbocycles. The number of hydrogen-bond acceptors (Lipinski definition) is 3. The second kappa shape index (κ2) is 4.77. The monoisotopic (exact) mass is 270 g/mol. The van der Waals surface area contributed by atoms with Gasteiger partial charge in [0.25, 0.3) is 0 Å². The molecule has 0 atom stereocenters. The van der Waals surface area contributed by atoms with Crippen molar-refractivity contribution in [3.63, 3.8) is 0 Å². The van der Waals surface area contributed by atoms with Crippen LogP contribution < -0.4 is 15.2 Å². The predicted molar refractivity (Wildman–Crippen MR) is 77.0 cm³/mol. The highest BCUT2D eigenvalue weighted by atomic mass is 16.5. The smallest absolute Gasteiger partial charge is 0.331 e. The average Bonchev–Trinajstić information content (AvgIpc) is 2.83. The number of H-pyrrole nitrogens is 1. The van der Waals surface area contributed by atoms with Gasteiger partial charge in [-0.3, -0.25) is 4.57 Å². The molecule has 0 radical (unpaired) electrons. The van der Waals surface area contributed by atoms with E-state index >= 15 is 0 Å². The molecule has 0 spiro atoms. The van der Waals surface area contributed by atoms with Crippen LogP contribution in [0.3, 0.4) is 0 Å². The van der Waals surface area contributed by atoms with Crippen LogP contribution in [0.15, 0.2) is 47.3 Å². The minimum Gasteiger partial charge on any atom is -0.497 e. The molecule has 0 amide bonds. The van der Waals surface area contributed by atoms with Crippen LogP contribution in [0.1, 0.15) is 0 Å². The van der Waals surface area contributed by atoms with Crippen LogP contribution in [0.2, 0.25) is 0 Å². The van der Waals surface area contributed by atoms with Crippen molar-refractivity contribution in [2.75, 3.05) is 14.2 Å². The fourth-order valence-electron chi connectivity index (χ4n) is 2.29. The van der Waals surface area contributed by atoms with E-state index in [-0.39, 0.29) is 5.69 Å². The van der Waals surface area contributed by atoms with Crippen molar-refractivity contribution < 1.29 is 9.47 Å². The lowest BCUT2D eigenvalue weighted by Gasteiger charge is -2.08. The molecule has 0 aliphatic carbocycles. The largest absolute Gasteiger partial charge is 0.497 e. The van der Waals surface area contributed by atoms with Crippen molar-refractivity contribution in [1.82, 2.24) is 9.55 Å². The molecule has 0 saturated heterocycles. The van der Waals surface area contributed by atoms with E-state index < -0.39 is 0 Å². The summed E-state index contributed by atoms with van der Waals surface area (Å²) in [4.78, 5) is 15.0. The molecule has 0 aliphatic rings. The zero-order chi connectivity index (χ0) is 14.1. The van der Waals surface area contributed by atoms with Crippen LogP contribution in [-0.2, 0) is 0 Å². The standard InChI is InChI=1S/C15H14N2O3/c1-19-11-6-3-5-10(9-11)17-14-12(16-15(17)18)7-4-8-13(14)20-2/h3-9H,1-2H3,(H,16,18). The van der Waals surface area contributed by atoms with Crippen LogP contribution in [0.25, 0.3) is 16.7 Å². The Bertz CT molecular complexity index is 817. The van der Waals surface area contributed by atoms with Crippen LogP contribution >= 0.6 is 0 Å². The number of nitrogens with one attached hydrogen (secondary N) is 1. The first-order valence-corrected chi connectivity index (χ1v) is 6.17. The molecule has 20 heavy (non-hydrogen) atoms. The van der Waals surface area contributed by atoms with Gasteiger partial charge in [-0.15, -0.1) is 0 Å². The van der Waals surface area contributed by atoms with Gasteiger partial charge in [0.1, 0.15) is 17.0 Å². The Kier molecular flexibility index (Phi) is 2.95. The molecule has 0 aliphatic heterocycles. The number of aromatic amines is 1. The van der Waals surface area contributed by atoms with Gasteiger partial charge < -0.3 is 14.5 Å². The Morgan fingerprint density at radius 2 is 1.85 bits per heavy atom. The van der Waals surface area contributed by atoms with Crippen molar-refractivity contribution in [2.24, 2.45) is 0 Å². The van der Waals surface area contributed by atoms with E-state index in [0.717, 1.165) is 11.2 Å². The summed E-state index contributed by atoms with van der Waals surface area (Å²) in [6.07, 6.45) is 0. The van der Waals surface area contributed by atoms with Crippen molar-refractivity contribution in [3.8, 4) is 17.2 Å². The highest BCUT2D eigenvalue weighted by Gasteiger charge is 2.13. The Hall–Kier alpha value is -2.69. The molecule has 1 N–H and O–H groups in total. The van der Waals surface area contributed by atoms with E-state index in [1.54, 1.807) is 24.9 Å². The first-order valence-electron chi connectivity index (χ1n) is 6.17. The van der Waals surface area contributed by atoms with Crippen LogP contribution in [0.4, 0.5) is 0 Å². The van der Waals surface area contributed by atoms with Gasteiger partial charge >= 0.3 is 5.69 Å². The first kappa shape index (κ1) is 12.3. The number of nitrogens with zero attached hydrogens (tertiary/aromatic N) is 1. The maximum atomic E-state index is 12.2. The number of rotatable bonds is 3. The molecule has 2 aromatic carbocycles. The summed E-state index contributed by atoms with van der Waals surface area (Å²) in [6.45, 7) is 0. The summed E-state index contributed by atoms with van der Waals surface area (Å²) >= 11 is 0. The number of ether oxygens (including phenoxy) is 2. The van der Waals surface area contributed by atoms with Crippen molar-refractivity contribution in [2.45, 2.75) is 0 Å². The molecule has 3 rings (SSSR count). The number of methoxy groups -OCH3 is 2. The first-order chi connectivity index (χ1) is 9.74. The van der Waals surface area contributed by atoms with E-state index in [4.69, 9.17) is 9.47 Å². The van der Waals surface area contributed by atoms with Crippen molar-refractivity contribution >= 4 is 11.0 Å². The fraction of sp³-hybridized carbons (Fsp3) is 0.133. The van der Waals surface area contributed by atoms with Gasteiger partial charge in [0.15, 0.2) is 0 Å². The van der Waals surface area contributed by atoms with Gasteiger partial charge in [-0.25, -0.2) is 4.79 Å². The molecule has 0 unspecified atom stereocenters. The number of aromatic nitrogens is 2. The average molecular weight is 270 g/mol. The van der Waals surface area contributed by atoms with Crippen LogP contribution in [0.5, 0.6) is 11.5 Å². The SMILES string of the molecule is COc1cccc(-n2c(=O)[nH]c3cccc(OC)c32)c1. The molecule has 5 heteroatoms. The molecule has 0 fully saturated rings. The minimum absolute atomic E-state index is 0.210. The Labute approximate surface area is 115 Å². The van der Waals surface area contributed by atoms with Crippen LogP contribution in [0, 0.1) is 0 Å². The summed E-state index contributed by atoms with van der Waals surface area (Å²) in [5.74, 6) is 1.34. The minimum atomic E-state index is -0.210. The summed E-state index contributed by atoms with van der Waals surface area (Å²) < 4.78 is 12.1. The van der Waals surface area contributed by atoms with Crippen LogP contribution in [-0.4, -0.2) is 23.8 Å². The highest BCUT2D eigenvalue weighted by molar-refractivity contribution is 5.83.